The van der Waals surface area contributed by atoms with Gasteiger partial charge in [-0.2, -0.15) is 0 Å². The number of nitrogens with zero attached hydrogens (tertiary/aromatic N) is 3. The Labute approximate surface area is 192 Å². The summed E-state index contributed by atoms with van der Waals surface area (Å²) in [5.74, 6) is 1.64. The maximum Gasteiger partial charge on any atom is 0.191 e. The van der Waals surface area contributed by atoms with E-state index in [1.165, 1.54) is 55.6 Å². The van der Waals surface area contributed by atoms with Crippen LogP contribution >= 0.6 is 11.3 Å². The van der Waals surface area contributed by atoms with Crippen LogP contribution in [0.15, 0.2) is 10.4 Å². The smallest absolute Gasteiger partial charge is 0.191 e. The van der Waals surface area contributed by atoms with Crippen molar-refractivity contribution in [2.75, 3.05) is 39.3 Å². The number of rotatable bonds is 10. The van der Waals surface area contributed by atoms with E-state index in [9.17, 15) is 5.11 Å². The van der Waals surface area contributed by atoms with Gasteiger partial charge in [0.05, 0.1) is 10.7 Å². The monoisotopic (exact) mass is 449 g/mol. The van der Waals surface area contributed by atoms with E-state index in [1.807, 2.05) is 0 Å². The number of aliphatic hydroxyl groups is 1. The lowest BCUT2D eigenvalue weighted by Gasteiger charge is -2.36. The molecule has 1 aromatic rings. The molecule has 1 aliphatic carbocycles. The van der Waals surface area contributed by atoms with Gasteiger partial charge in [-0.15, -0.1) is 11.3 Å². The van der Waals surface area contributed by atoms with Crippen LogP contribution in [-0.4, -0.2) is 60.3 Å². The average Bonchev–Trinajstić information content (AvgIpc) is 3.25. The molecule has 3 rings (SSSR count). The summed E-state index contributed by atoms with van der Waals surface area (Å²) < 4.78 is 0. The van der Waals surface area contributed by atoms with E-state index in [4.69, 9.17) is 9.98 Å². The van der Waals surface area contributed by atoms with E-state index >= 15 is 0 Å². The Hall–Kier alpha value is -1.18. The third kappa shape index (κ3) is 7.72. The van der Waals surface area contributed by atoms with Gasteiger partial charge in [0.25, 0.3) is 0 Å². The largest absolute Gasteiger partial charge is 0.396 e. The molecule has 0 atom stereocenters. The summed E-state index contributed by atoms with van der Waals surface area (Å²) in [5, 5.41) is 20.1. The van der Waals surface area contributed by atoms with Gasteiger partial charge in [0.15, 0.2) is 5.96 Å². The maximum absolute atomic E-state index is 9.57. The summed E-state index contributed by atoms with van der Waals surface area (Å²) in [5.41, 5.74) is 1.44. The van der Waals surface area contributed by atoms with Crippen LogP contribution < -0.4 is 10.6 Å². The van der Waals surface area contributed by atoms with E-state index in [0.29, 0.717) is 5.92 Å². The molecular formula is C24H43N5OS. The Morgan fingerprint density at radius 2 is 2.00 bits per heavy atom. The van der Waals surface area contributed by atoms with Gasteiger partial charge in [-0.25, -0.2) is 4.98 Å². The highest BCUT2D eigenvalue weighted by atomic mass is 32.1. The fourth-order valence-corrected chi connectivity index (χ4v) is 5.75. The third-order valence-corrected chi connectivity index (χ3v) is 8.07. The molecule has 0 spiro atoms. The quantitative estimate of drug-likeness (QED) is 0.374. The number of nitrogens with one attached hydrogen (secondary N) is 2. The van der Waals surface area contributed by atoms with E-state index in [1.54, 1.807) is 11.3 Å². The lowest BCUT2D eigenvalue weighted by Crippen LogP contribution is -2.43. The first-order chi connectivity index (χ1) is 15.2. The zero-order valence-corrected chi connectivity index (χ0v) is 20.5. The molecule has 1 aromatic heterocycles. The highest BCUT2D eigenvalue weighted by molar-refractivity contribution is 7.09. The number of hydrogen-bond acceptors (Lipinski definition) is 5. The molecule has 0 bridgehead atoms. The molecule has 176 valence electrons. The van der Waals surface area contributed by atoms with Crippen molar-refractivity contribution >= 4 is 17.3 Å². The van der Waals surface area contributed by atoms with Crippen molar-refractivity contribution in [3.8, 4) is 0 Å². The number of piperidine rings is 1. The minimum Gasteiger partial charge on any atom is -0.396 e. The van der Waals surface area contributed by atoms with Gasteiger partial charge < -0.3 is 15.7 Å². The van der Waals surface area contributed by atoms with Gasteiger partial charge in [0, 0.05) is 38.2 Å². The molecule has 7 heteroatoms. The normalized spacial score (nSPS) is 20.7. The molecule has 3 N–H and O–H groups in total. The van der Waals surface area contributed by atoms with Gasteiger partial charge in [-0.1, -0.05) is 26.2 Å². The Morgan fingerprint density at radius 1 is 1.23 bits per heavy atom. The molecule has 2 heterocycles. The zero-order valence-electron chi connectivity index (χ0n) is 19.7. The molecule has 31 heavy (non-hydrogen) atoms. The van der Waals surface area contributed by atoms with Crippen molar-refractivity contribution < 1.29 is 5.11 Å². The summed E-state index contributed by atoms with van der Waals surface area (Å²) in [4.78, 5) is 12.2. The number of thiazole rings is 1. The Morgan fingerprint density at radius 3 is 2.65 bits per heavy atom. The number of aromatic nitrogens is 1. The number of aliphatic hydroxyl groups excluding tert-OH is 1. The molecule has 1 saturated heterocycles. The first kappa shape index (κ1) is 24.5. The lowest BCUT2D eigenvalue weighted by molar-refractivity contribution is 0.137. The fraction of sp³-hybridized carbons (Fsp3) is 0.833. The molecule has 1 aliphatic heterocycles. The van der Waals surface area contributed by atoms with Gasteiger partial charge in [0.2, 0.25) is 0 Å². The van der Waals surface area contributed by atoms with E-state index < -0.39 is 0 Å². The first-order valence-electron chi connectivity index (χ1n) is 12.4. The maximum atomic E-state index is 9.57. The first-order valence-corrected chi connectivity index (χ1v) is 13.3. The average molecular weight is 450 g/mol. The number of likely N-dealkylation sites (tertiary alicyclic amines) is 1. The molecule has 2 fully saturated rings. The third-order valence-electron chi connectivity index (χ3n) is 7.03. The Kier molecular flexibility index (Phi) is 10.1. The standard InChI is InChI=1S/C24H43N5OS/c1-3-22-28-21(18-31-22)17-29-13-8-20(9-14-29)16-26-23(25-4-2)27-19-24(12-15-30)10-6-5-7-11-24/h18,20,30H,3-17,19H2,1-2H3,(H2,25,26,27). The molecule has 2 aliphatic rings. The predicted octanol–water partition coefficient (Wildman–Crippen LogP) is 3.81. The highest BCUT2D eigenvalue weighted by Crippen LogP contribution is 2.39. The molecule has 1 saturated carbocycles. The van der Waals surface area contributed by atoms with Crippen LogP contribution in [0.4, 0.5) is 0 Å². The molecular weight excluding hydrogens is 406 g/mol. The van der Waals surface area contributed by atoms with Gasteiger partial charge in [-0.05, 0) is 69.9 Å². The second-order valence-corrected chi connectivity index (χ2v) is 10.4. The van der Waals surface area contributed by atoms with Crippen LogP contribution in [-0.2, 0) is 13.0 Å². The predicted molar refractivity (Wildman–Crippen MR) is 131 cm³/mol. The van der Waals surface area contributed by atoms with E-state index in [-0.39, 0.29) is 12.0 Å². The zero-order chi connectivity index (χ0) is 21.9. The van der Waals surface area contributed by atoms with Crippen molar-refractivity contribution in [2.24, 2.45) is 16.3 Å². The fourth-order valence-electron chi connectivity index (χ4n) is 5.02. The summed E-state index contributed by atoms with van der Waals surface area (Å²) in [6, 6.07) is 0. The number of aryl methyl sites for hydroxylation is 1. The minimum atomic E-state index is 0.202. The second kappa shape index (κ2) is 12.8. The van der Waals surface area contributed by atoms with Crippen LogP contribution in [0, 0.1) is 11.3 Å². The van der Waals surface area contributed by atoms with Crippen molar-refractivity contribution in [1.29, 1.82) is 0 Å². The van der Waals surface area contributed by atoms with Gasteiger partial charge in [-0.3, -0.25) is 9.89 Å². The molecule has 0 amide bonds. The van der Waals surface area contributed by atoms with Crippen molar-refractivity contribution in [2.45, 2.75) is 78.2 Å². The number of guanidine groups is 1. The number of hydrogen-bond donors (Lipinski definition) is 3. The summed E-state index contributed by atoms with van der Waals surface area (Å²) in [6.07, 6.45) is 10.7. The van der Waals surface area contributed by atoms with Gasteiger partial charge >= 0.3 is 0 Å². The molecule has 0 aromatic carbocycles. The van der Waals surface area contributed by atoms with Crippen molar-refractivity contribution in [3.05, 3.63) is 16.1 Å². The minimum absolute atomic E-state index is 0.202. The topological polar surface area (TPSA) is 72.8 Å². The van der Waals surface area contributed by atoms with Gasteiger partial charge in [0.1, 0.15) is 0 Å². The molecule has 6 nitrogen and oxygen atoms in total. The van der Waals surface area contributed by atoms with Crippen molar-refractivity contribution in [3.63, 3.8) is 0 Å². The van der Waals surface area contributed by atoms with E-state index in [0.717, 1.165) is 58.1 Å². The molecule has 0 radical (unpaired) electrons. The highest BCUT2D eigenvalue weighted by Gasteiger charge is 2.31. The van der Waals surface area contributed by atoms with Crippen LogP contribution in [0.5, 0.6) is 0 Å². The lowest BCUT2D eigenvalue weighted by atomic mass is 9.72. The van der Waals surface area contributed by atoms with E-state index in [2.05, 4.69) is 34.8 Å². The van der Waals surface area contributed by atoms with Crippen LogP contribution in [0.1, 0.15) is 75.9 Å². The Balaban J connectivity index is 1.44. The summed E-state index contributed by atoms with van der Waals surface area (Å²) in [7, 11) is 0. The van der Waals surface area contributed by atoms with Crippen LogP contribution in [0.3, 0.4) is 0 Å². The SMILES string of the molecule is CCNC(=NCC1(CCO)CCCCC1)NCC1CCN(Cc2csc(CC)n2)CC1. The van der Waals surface area contributed by atoms with Crippen LogP contribution in [0.2, 0.25) is 0 Å². The number of aliphatic imine (C=N–C) groups is 1. The second-order valence-electron chi connectivity index (χ2n) is 9.42. The summed E-state index contributed by atoms with van der Waals surface area (Å²) in [6.45, 7) is 10.6. The summed E-state index contributed by atoms with van der Waals surface area (Å²) >= 11 is 1.79. The Bertz CT molecular complexity index is 657. The molecule has 0 unspecified atom stereocenters. The van der Waals surface area contributed by atoms with Crippen LogP contribution in [0.25, 0.3) is 0 Å². The van der Waals surface area contributed by atoms with Crippen molar-refractivity contribution in [1.82, 2.24) is 20.5 Å².